The zero-order valence-electron chi connectivity index (χ0n) is 8.15. The largest absolute Gasteiger partial charge is 0.368 e. The van der Waals surface area contributed by atoms with Crippen molar-refractivity contribution >= 4 is 5.82 Å². The van der Waals surface area contributed by atoms with Crippen molar-refractivity contribution in [2.75, 3.05) is 24.6 Å². The maximum Gasteiger partial charge on any atom is 0.128 e. The van der Waals surface area contributed by atoms with E-state index in [-0.39, 0.29) is 0 Å². The van der Waals surface area contributed by atoms with E-state index in [1.165, 1.54) is 18.4 Å². The number of anilines is 1. The number of rotatable bonds is 2. The maximum absolute atomic E-state index is 5.21. The minimum atomic E-state index is 0.329. The van der Waals surface area contributed by atoms with E-state index in [1.807, 2.05) is 6.20 Å². The van der Waals surface area contributed by atoms with Gasteiger partial charge in [0.2, 0.25) is 0 Å². The summed E-state index contributed by atoms with van der Waals surface area (Å²) in [6, 6.07) is 4.25. The van der Waals surface area contributed by atoms with Gasteiger partial charge < -0.3 is 9.64 Å². The van der Waals surface area contributed by atoms with Crippen molar-refractivity contribution in [1.82, 2.24) is 4.98 Å². The summed E-state index contributed by atoms with van der Waals surface area (Å²) in [6.45, 7) is 3.18. The molecule has 1 aromatic heterocycles. The number of pyridine rings is 1. The lowest BCUT2D eigenvalue weighted by atomic mass is 10.2. The zero-order valence-corrected chi connectivity index (χ0v) is 8.15. The Morgan fingerprint density at radius 3 is 2.64 bits per heavy atom. The highest BCUT2D eigenvalue weighted by Crippen LogP contribution is 2.30. The summed E-state index contributed by atoms with van der Waals surface area (Å²) in [6.07, 6.45) is 4.88. The Morgan fingerprint density at radius 1 is 1.29 bits per heavy atom. The van der Waals surface area contributed by atoms with Crippen LogP contribution in [0.1, 0.15) is 24.5 Å². The summed E-state index contributed by atoms with van der Waals surface area (Å²) in [4.78, 5) is 6.81. The molecule has 0 radical (unpaired) electrons. The smallest absolute Gasteiger partial charge is 0.128 e. The minimum absolute atomic E-state index is 0.329. The predicted octanol–water partition coefficient (Wildman–Crippen LogP) is 1.75. The topological polar surface area (TPSA) is 28.7 Å². The van der Waals surface area contributed by atoms with E-state index in [4.69, 9.17) is 4.74 Å². The first kappa shape index (κ1) is 8.24. The van der Waals surface area contributed by atoms with Crippen LogP contribution in [0.4, 0.5) is 5.82 Å². The van der Waals surface area contributed by atoms with Crippen molar-refractivity contribution in [2.45, 2.75) is 18.9 Å². The minimum Gasteiger partial charge on any atom is -0.368 e. The number of hydrogen-bond donors (Lipinski definition) is 0. The molecule has 0 N–H and O–H groups in total. The Bertz CT molecular complexity index is 313. The normalized spacial score (nSPS) is 25.4. The highest BCUT2D eigenvalue weighted by atomic mass is 16.6. The van der Waals surface area contributed by atoms with E-state index in [2.05, 4.69) is 22.0 Å². The third-order valence-electron chi connectivity index (χ3n) is 2.91. The van der Waals surface area contributed by atoms with Crippen LogP contribution in [0.5, 0.6) is 0 Å². The maximum atomic E-state index is 5.21. The highest BCUT2D eigenvalue weighted by molar-refractivity contribution is 5.40. The molecule has 0 amide bonds. The van der Waals surface area contributed by atoms with Crippen molar-refractivity contribution in [2.24, 2.45) is 0 Å². The Labute approximate surface area is 83.7 Å². The van der Waals surface area contributed by atoms with Gasteiger partial charge in [0.05, 0.1) is 6.61 Å². The van der Waals surface area contributed by atoms with Gasteiger partial charge in [-0.2, -0.15) is 0 Å². The first-order chi connectivity index (χ1) is 6.93. The average molecular weight is 190 g/mol. The van der Waals surface area contributed by atoms with Gasteiger partial charge in [0, 0.05) is 24.8 Å². The molecule has 0 saturated carbocycles. The quantitative estimate of drug-likeness (QED) is 0.665. The molecule has 0 bridgehead atoms. The van der Waals surface area contributed by atoms with Crippen LogP contribution in [-0.4, -0.2) is 24.7 Å². The number of aromatic nitrogens is 1. The van der Waals surface area contributed by atoms with Gasteiger partial charge in [0.15, 0.2) is 0 Å². The molecule has 3 heterocycles. The second-order valence-corrected chi connectivity index (χ2v) is 3.97. The highest BCUT2D eigenvalue weighted by Gasteiger charge is 2.25. The summed E-state index contributed by atoms with van der Waals surface area (Å²) >= 11 is 0. The van der Waals surface area contributed by atoms with Crippen LogP contribution in [0.2, 0.25) is 0 Å². The summed E-state index contributed by atoms with van der Waals surface area (Å²) in [5.74, 6) is 1.12. The van der Waals surface area contributed by atoms with E-state index < -0.39 is 0 Å². The molecular weight excluding hydrogens is 176 g/mol. The van der Waals surface area contributed by atoms with Crippen molar-refractivity contribution in [3.63, 3.8) is 0 Å². The van der Waals surface area contributed by atoms with Gasteiger partial charge >= 0.3 is 0 Å². The molecule has 1 aromatic rings. The lowest BCUT2D eigenvalue weighted by Gasteiger charge is -2.15. The first-order valence-electron chi connectivity index (χ1n) is 5.26. The Balaban J connectivity index is 1.78. The lowest BCUT2D eigenvalue weighted by Crippen LogP contribution is -2.18. The third-order valence-corrected chi connectivity index (χ3v) is 2.91. The fraction of sp³-hybridized carbons (Fsp3) is 0.545. The number of epoxide rings is 1. The molecule has 1 unspecified atom stereocenters. The number of nitrogens with zero attached hydrogens (tertiary/aromatic N) is 2. The SMILES string of the molecule is c1cc(N2CCCC2)ncc1C1CO1. The summed E-state index contributed by atoms with van der Waals surface area (Å²) in [7, 11) is 0. The van der Waals surface area contributed by atoms with Crippen molar-refractivity contribution < 1.29 is 4.74 Å². The summed E-state index contributed by atoms with van der Waals surface area (Å²) in [5, 5.41) is 0. The van der Waals surface area contributed by atoms with E-state index in [1.54, 1.807) is 0 Å². The Hall–Kier alpha value is -1.09. The molecule has 2 aliphatic heterocycles. The molecule has 0 spiro atoms. The zero-order chi connectivity index (χ0) is 9.38. The van der Waals surface area contributed by atoms with Gasteiger partial charge in [0.1, 0.15) is 11.9 Å². The number of hydrogen-bond acceptors (Lipinski definition) is 3. The van der Waals surface area contributed by atoms with Crippen molar-refractivity contribution in [3.05, 3.63) is 23.9 Å². The molecule has 1 atom stereocenters. The molecule has 0 aliphatic carbocycles. The van der Waals surface area contributed by atoms with Crippen LogP contribution in [0, 0.1) is 0 Å². The third kappa shape index (κ3) is 1.48. The van der Waals surface area contributed by atoms with E-state index in [0.29, 0.717) is 6.10 Å². The molecule has 2 aliphatic rings. The van der Waals surface area contributed by atoms with E-state index in [9.17, 15) is 0 Å². The molecule has 2 fully saturated rings. The van der Waals surface area contributed by atoms with Crippen molar-refractivity contribution in [3.8, 4) is 0 Å². The van der Waals surface area contributed by atoms with E-state index in [0.717, 1.165) is 25.5 Å². The summed E-state index contributed by atoms with van der Waals surface area (Å²) < 4.78 is 5.21. The van der Waals surface area contributed by atoms with Crippen molar-refractivity contribution in [1.29, 1.82) is 0 Å². The van der Waals surface area contributed by atoms with Gasteiger partial charge in [-0.15, -0.1) is 0 Å². The second-order valence-electron chi connectivity index (χ2n) is 3.97. The fourth-order valence-electron chi connectivity index (χ4n) is 1.96. The standard InChI is InChI=1S/C11H14N2O/c1-2-6-13(5-1)11-4-3-9(7-12-11)10-8-14-10/h3-4,7,10H,1-2,5-6,8H2. The van der Waals surface area contributed by atoms with Crippen LogP contribution in [0.25, 0.3) is 0 Å². The first-order valence-corrected chi connectivity index (χ1v) is 5.26. The Morgan fingerprint density at radius 2 is 2.07 bits per heavy atom. The van der Waals surface area contributed by atoms with Gasteiger partial charge in [-0.1, -0.05) is 6.07 Å². The van der Waals surface area contributed by atoms with Crippen LogP contribution >= 0.6 is 0 Å². The molecular formula is C11H14N2O. The lowest BCUT2D eigenvalue weighted by molar-refractivity contribution is 0.415. The van der Waals surface area contributed by atoms with Gasteiger partial charge in [0.25, 0.3) is 0 Å². The molecule has 3 nitrogen and oxygen atoms in total. The fourth-order valence-corrected chi connectivity index (χ4v) is 1.96. The molecule has 74 valence electrons. The van der Waals surface area contributed by atoms with Gasteiger partial charge in [-0.3, -0.25) is 0 Å². The van der Waals surface area contributed by atoms with Gasteiger partial charge in [-0.05, 0) is 18.9 Å². The molecule has 3 rings (SSSR count). The Kier molecular flexibility index (Phi) is 1.91. The number of ether oxygens (including phenoxy) is 1. The van der Waals surface area contributed by atoms with Gasteiger partial charge in [-0.25, -0.2) is 4.98 Å². The monoisotopic (exact) mass is 190 g/mol. The molecule has 2 saturated heterocycles. The molecule has 0 aromatic carbocycles. The second kappa shape index (κ2) is 3.24. The molecule has 14 heavy (non-hydrogen) atoms. The van der Waals surface area contributed by atoms with Crippen LogP contribution in [0.15, 0.2) is 18.3 Å². The van der Waals surface area contributed by atoms with E-state index >= 15 is 0 Å². The van der Waals surface area contributed by atoms with Crippen LogP contribution in [-0.2, 0) is 4.74 Å². The summed E-state index contributed by atoms with van der Waals surface area (Å²) in [5.41, 5.74) is 1.22. The average Bonchev–Trinajstić information content (AvgIpc) is 2.94. The van der Waals surface area contributed by atoms with Crippen LogP contribution < -0.4 is 4.90 Å². The van der Waals surface area contributed by atoms with Crippen LogP contribution in [0.3, 0.4) is 0 Å². The predicted molar refractivity (Wildman–Crippen MR) is 54.4 cm³/mol. The molecule has 3 heteroatoms.